The molecule has 0 spiro atoms. The van der Waals surface area contributed by atoms with E-state index in [9.17, 15) is 14.9 Å². The molecule has 7 heteroatoms. The molecule has 116 valence electrons. The normalized spacial score (nSPS) is 10.7. The Balaban J connectivity index is 2.05. The van der Waals surface area contributed by atoms with Crippen LogP contribution in [0.2, 0.25) is 0 Å². The molecule has 0 unspecified atom stereocenters. The summed E-state index contributed by atoms with van der Waals surface area (Å²) in [6.45, 7) is 1.78. The maximum Gasteiger partial charge on any atom is 0.285 e. The van der Waals surface area contributed by atoms with Crippen LogP contribution < -0.4 is 5.56 Å². The summed E-state index contributed by atoms with van der Waals surface area (Å²) in [5, 5.41) is 14.1. The molecule has 0 aliphatic rings. The summed E-state index contributed by atoms with van der Waals surface area (Å²) in [4.78, 5) is 24.2. The molecule has 1 heterocycles. The number of nitro groups is 1. The number of benzene rings is 2. The summed E-state index contributed by atoms with van der Waals surface area (Å²) in [5.74, 6) is 0. The van der Waals surface area contributed by atoms with Crippen LogP contribution in [0.1, 0.15) is 5.69 Å². The molecule has 3 rings (SSSR count). The fourth-order valence-corrected chi connectivity index (χ4v) is 3.21. The number of para-hydroxylation sites is 2. The van der Waals surface area contributed by atoms with Gasteiger partial charge in [-0.25, -0.2) is 4.68 Å². The van der Waals surface area contributed by atoms with Crippen LogP contribution in [0.5, 0.6) is 0 Å². The van der Waals surface area contributed by atoms with Crippen LogP contribution >= 0.6 is 11.8 Å². The Bertz CT molecular complexity index is 916. The minimum absolute atomic E-state index is 0.0104. The number of hydrogen-bond acceptors (Lipinski definition) is 4. The van der Waals surface area contributed by atoms with Gasteiger partial charge in [-0.15, -0.1) is 0 Å². The highest BCUT2D eigenvalue weighted by Gasteiger charge is 2.19. The van der Waals surface area contributed by atoms with Gasteiger partial charge in [0, 0.05) is 11.8 Å². The zero-order valence-electron chi connectivity index (χ0n) is 12.2. The second-order valence-electron chi connectivity index (χ2n) is 4.87. The topological polar surface area (TPSA) is 80.9 Å². The number of aromatic nitrogens is 2. The Morgan fingerprint density at radius 1 is 1.09 bits per heavy atom. The molecule has 23 heavy (non-hydrogen) atoms. The van der Waals surface area contributed by atoms with E-state index in [-0.39, 0.29) is 11.2 Å². The molecule has 3 aromatic rings. The van der Waals surface area contributed by atoms with E-state index in [4.69, 9.17) is 0 Å². The monoisotopic (exact) mass is 327 g/mol. The van der Waals surface area contributed by atoms with Crippen molar-refractivity contribution in [2.24, 2.45) is 0 Å². The predicted molar refractivity (Wildman–Crippen MR) is 88.3 cm³/mol. The second kappa shape index (κ2) is 6.13. The maximum absolute atomic E-state index is 12.6. The Morgan fingerprint density at radius 2 is 1.74 bits per heavy atom. The quantitative estimate of drug-likeness (QED) is 0.587. The van der Waals surface area contributed by atoms with Gasteiger partial charge in [0.15, 0.2) is 0 Å². The Kier molecular flexibility index (Phi) is 4.03. The van der Waals surface area contributed by atoms with Crippen molar-refractivity contribution < 1.29 is 4.92 Å². The molecule has 0 saturated heterocycles. The summed E-state index contributed by atoms with van der Waals surface area (Å²) >= 11 is 1.11. The van der Waals surface area contributed by atoms with Gasteiger partial charge in [-0.1, -0.05) is 42.1 Å². The smallest absolute Gasteiger partial charge is 0.285 e. The van der Waals surface area contributed by atoms with Gasteiger partial charge >= 0.3 is 0 Å². The standard InChI is InChI=1S/C16H13N3O3S/c1-11-15(23-14-10-6-5-9-13(14)19(21)22)16(20)18(17-11)12-7-3-2-4-8-12/h2-10,17H,1H3. The van der Waals surface area contributed by atoms with Crippen molar-refractivity contribution in [1.82, 2.24) is 9.78 Å². The van der Waals surface area contributed by atoms with Gasteiger partial charge < -0.3 is 0 Å². The summed E-state index contributed by atoms with van der Waals surface area (Å²) < 4.78 is 1.44. The van der Waals surface area contributed by atoms with Crippen LogP contribution in [-0.4, -0.2) is 14.7 Å². The van der Waals surface area contributed by atoms with Gasteiger partial charge in [0.25, 0.3) is 11.2 Å². The predicted octanol–water partition coefficient (Wildman–Crippen LogP) is 3.53. The van der Waals surface area contributed by atoms with Crippen LogP contribution in [0, 0.1) is 17.0 Å². The first-order valence-corrected chi connectivity index (χ1v) is 7.68. The zero-order valence-corrected chi connectivity index (χ0v) is 13.0. The van der Waals surface area contributed by atoms with E-state index in [0.29, 0.717) is 15.5 Å². The minimum Gasteiger partial charge on any atom is -0.294 e. The van der Waals surface area contributed by atoms with Crippen LogP contribution in [0.25, 0.3) is 5.69 Å². The van der Waals surface area contributed by atoms with E-state index < -0.39 is 4.92 Å². The number of H-pyrrole nitrogens is 1. The summed E-state index contributed by atoms with van der Waals surface area (Å²) in [6, 6.07) is 15.6. The van der Waals surface area contributed by atoms with Crippen molar-refractivity contribution in [3.8, 4) is 5.69 Å². The van der Waals surface area contributed by atoms with Crippen molar-refractivity contribution in [1.29, 1.82) is 0 Å². The van der Waals surface area contributed by atoms with E-state index >= 15 is 0 Å². The molecule has 6 nitrogen and oxygen atoms in total. The molecule has 0 aliphatic carbocycles. The van der Waals surface area contributed by atoms with Gasteiger partial charge in [-0.2, -0.15) is 0 Å². The molecule has 0 bridgehead atoms. The van der Waals surface area contributed by atoms with Gasteiger partial charge in [-0.05, 0) is 25.1 Å². The maximum atomic E-state index is 12.6. The lowest BCUT2D eigenvalue weighted by molar-refractivity contribution is -0.387. The highest BCUT2D eigenvalue weighted by molar-refractivity contribution is 7.99. The number of nitrogens with zero attached hydrogens (tertiary/aromatic N) is 2. The SMILES string of the molecule is Cc1[nH]n(-c2ccccc2)c(=O)c1Sc1ccccc1[N+](=O)[O-]. The van der Waals surface area contributed by atoms with E-state index in [1.807, 2.05) is 30.3 Å². The lowest BCUT2D eigenvalue weighted by Gasteiger charge is -2.00. The number of aromatic amines is 1. The average molecular weight is 327 g/mol. The molecule has 1 N–H and O–H groups in total. The number of aryl methyl sites for hydroxylation is 1. The van der Waals surface area contributed by atoms with Crippen molar-refractivity contribution in [3.63, 3.8) is 0 Å². The first-order valence-electron chi connectivity index (χ1n) is 6.86. The third-order valence-electron chi connectivity index (χ3n) is 3.31. The molecule has 0 amide bonds. The highest BCUT2D eigenvalue weighted by atomic mass is 32.2. The summed E-state index contributed by atoms with van der Waals surface area (Å²) in [7, 11) is 0. The van der Waals surface area contributed by atoms with E-state index in [0.717, 1.165) is 17.4 Å². The lowest BCUT2D eigenvalue weighted by Crippen LogP contribution is -2.15. The van der Waals surface area contributed by atoms with Crippen LogP contribution in [0.3, 0.4) is 0 Å². The van der Waals surface area contributed by atoms with Crippen molar-refractivity contribution in [2.45, 2.75) is 16.7 Å². The number of nitro benzene ring substituents is 1. The lowest BCUT2D eigenvalue weighted by atomic mass is 10.3. The molecule has 0 atom stereocenters. The molecule has 0 fully saturated rings. The number of hydrogen-bond donors (Lipinski definition) is 1. The fraction of sp³-hybridized carbons (Fsp3) is 0.0625. The third-order valence-corrected chi connectivity index (χ3v) is 4.56. The van der Waals surface area contributed by atoms with Gasteiger partial charge in [-0.3, -0.25) is 20.0 Å². The van der Waals surface area contributed by atoms with Crippen LogP contribution in [0.4, 0.5) is 5.69 Å². The molecule has 0 radical (unpaired) electrons. The van der Waals surface area contributed by atoms with Crippen molar-refractivity contribution in [3.05, 3.63) is 80.8 Å². The first-order chi connectivity index (χ1) is 11.1. The minimum atomic E-state index is -0.444. The first kappa shape index (κ1) is 15.1. The largest absolute Gasteiger partial charge is 0.294 e. The molecule has 1 aromatic heterocycles. The third kappa shape index (κ3) is 2.91. The molecule has 2 aromatic carbocycles. The fourth-order valence-electron chi connectivity index (χ4n) is 2.21. The Labute approximate surface area is 135 Å². The van der Waals surface area contributed by atoms with Crippen molar-refractivity contribution >= 4 is 17.4 Å². The zero-order chi connectivity index (χ0) is 16.4. The van der Waals surface area contributed by atoms with E-state index in [1.54, 1.807) is 25.1 Å². The van der Waals surface area contributed by atoms with E-state index in [1.165, 1.54) is 10.7 Å². The van der Waals surface area contributed by atoms with Gasteiger partial charge in [0.2, 0.25) is 0 Å². The average Bonchev–Trinajstić information content (AvgIpc) is 2.84. The van der Waals surface area contributed by atoms with Crippen LogP contribution in [-0.2, 0) is 0 Å². The van der Waals surface area contributed by atoms with Crippen molar-refractivity contribution in [2.75, 3.05) is 0 Å². The Morgan fingerprint density at radius 3 is 2.43 bits per heavy atom. The number of nitrogens with one attached hydrogen (secondary N) is 1. The van der Waals surface area contributed by atoms with Gasteiger partial charge in [0.1, 0.15) is 4.90 Å². The second-order valence-corrected chi connectivity index (χ2v) is 5.92. The summed E-state index contributed by atoms with van der Waals surface area (Å²) in [5.41, 5.74) is 1.15. The highest BCUT2D eigenvalue weighted by Crippen LogP contribution is 2.34. The van der Waals surface area contributed by atoms with E-state index in [2.05, 4.69) is 5.10 Å². The van der Waals surface area contributed by atoms with Gasteiger partial charge in [0.05, 0.1) is 15.5 Å². The van der Waals surface area contributed by atoms with Crippen LogP contribution in [0.15, 0.2) is 69.2 Å². The Hall–Kier alpha value is -2.80. The molecular formula is C16H13N3O3S. The molecule has 0 saturated carbocycles. The molecular weight excluding hydrogens is 314 g/mol. The molecule has 0 aliphatic heterocycles. The number of rotatable bonds is 4. The summed E-state index contributed by atoms with van der Waals surface area (Å²) in [6.07, 6.45) is 0.